The first-order valence-corrected chi connectivity index (χ1v) is 9.11. The van der Waals surface area contributed by atoms with Crippen molar-refractivity contribution in [3.8, 4) is 0 Å². The molecular formula is C19H24N2OS. The molecule has 2 aromatic rings. The molecule has 23 heavy (non-hydrogen) atoms. The molecule has 0 saturated heterocycles. The quantitative estimate of drug-likeness (QED) is 0.774. The Hall–Kier alpha value is -1.65. The van der Waals surface area contributed by atoms with Gasteiger partial charge in [-0.25, -0.2) is 0 Å². The molecule has 0 spiro atoms. The predicted molar refractivity (Wildman–Crippen MR) is 95.4 cm³/mol. The van der Waals surface area contributed by atoms with Crippen LogP contribution >= 0.6 is 11.3 Å². The fourth-order valence-electron chi connectivity index (χ4n) is 2.72. The van der Waals surface area contributed by atoms with Crippen LogP contribution in [0.2, 0.25) is 0 Å². The third kappa shape index (κ3) is 4.66. The van der Waals surface area contributed by atoms with Crippen molar-refractivity contribution in [2.45, 2.75) is 38.9 Å². The Morgan fingerprint density at radius 1 is 1.13 bits per heavy atom. The molecule has 4 heteroatoms. The Labute approximate surface area is 142 Å². The van der Waals surface area contributed by atoms with Crippen LogP contribution in [0.1, 0.15) is 29.5 Å². The first-order chi connectivity index (χ1) is 11.1. The first kappa shape index (κ1) is 16.2. The second-order valence-corrected chi connectivity index (χ2v) is 7.28. The van der Waals surface area contributed by atoms with Gasteiger partial charge in [0.1, 0.15) is 0 Å². The Morgan fingerprint density at radius 3 is 2.48 bits per heavy atom. The van der Waals surface area contributed by atoms with Crippen molar-refractivity contribution in [2.75, 3.05) is 13.6 Å². The van der Waals surface area contributed by atoms with Gasteiger partial charge < -0.3 is 4.90 Å². The first-order valence-electron chi connectivity index (χ1n) is 8.16. The third-order valence-corrected chi connectivity index (χ3v) is 5.07. The molecule has 1 saturated carbocycles. The summed E-state index contributed by atoms with van der Waals surface area (Å²) in [6, 6.07) is 11.3. The van der Waals surface area contributed by atoms with E-state index in [9.17, 15) is 4.79 Å². The van der Waals surface area contributed by atoms with E-state index in [1.807, 2.05) is 11.9 Å². The highest BCUT2D eigenvalue weighted by atomic mass is 32.1. The SMILES string of the molecule is Cc1ccc(CN(CC(=O)N(C)Cc2ccsc2)C2CC2)cc1. The van der Waals surface area contributed by atoms with Crippen molar-refractivity contribution in [1.82, 2.24) is 9.80 Å². The Balaban J connectivity index is 1.58. The summed E-state index contributed by atoms with van der Waals surface area (Å²) in [4.78, 5) is 16.7. The minimum atomic E-state index is 0.204. The highest BCUT2D eigenvalue weighted by Crippen LogP contribution is 2.28. The number of hydrogen-bond acceptors (Lipinski definition) is 3. The molecule has 0 N–H and O–H groups in total. The van der Waals surface area contributed by atoms with Crippen molar-refractivity contribution < 1.29 is 4.79 Å². The van der Waals surface area contributed by atoms with E-state index in [1.165, 1.54) is 29.5 Å². The van der Waals surface area contributed by atoms with Crippen LogP contribution in [0.5, 0.6) is 0 Å². The molecular weight excluding hydrogens is 304 g/mol. The van der Waals surface area contributed by atoms with E-state index >= 15 is 0 Å². The van der Waals surface area contributed by atoms with E-state index in [0.29, 0.717) is 19.1 Å². The molecule has 0 unspecified atom stereocenters. The fraction of sp³-hybridized carbons (Fsp3) is 0.421. The lowest BCUT2D eigenvalue weighted by molar-refractivity contribution is -0.132. The number of carbonyl (C=O) groups excluding carboxylic acids is 1. The standard InChI is InChI=1S/C19H24N2OS/c1-15-3-5-16(6-4-15)12-21(18-7-8-18)13-19(22)20(2)11-17-9-10-23-14-17/h3-6,9-10,14,18H,7-8,11-13H2,1-2H3. The number of likely N-dealkylation sites (N-methyl/N-ethyl adjacent to an activating group) is 1. The maximum absolute atomic E-state index is 12.5. The van der Waals surface area contributed by atoms with E-state index < -0.39 is 0 Å². The molecule has 1 amide bonds. The summed E-state index contributed by atoms with van der Waals surface area (Å²) < 4.78 is 0. The zero-order valence-corrected chi connectivity index (χ0v) is 14.7. The summed E-state index contributed by atoms with van der Waals surface area (Å²) in [6.07, 6.45) is 2.43. The van der Waals surface area contributed by atoms with Gasteiger partial charge in [0.15, 0.2) is 0 Å². The van der Waals surface area contributed by atoms with Gasteiger partial charge in [-0.15, -0.1) is 0 Å². The fourth-order valence-corrected chi connectivity index (χ4v) is 3.38. The molecule has 0 aliphatic heterocycles. The average Bonchev–Trinajstić information content (AvgIpc) is 3.26. The lowest BCUT2D eigenvalue weighted by Crippen LogP contribution is -2.38. The smallest absolute Gasteiger partial charge is 0.236 e. The van der Waals surface area contributed by atoms with Gasteiger partial charge in [-0.3, -0.25) is 9.69 Å². The van der Waals surface area contributed by atoms with Crippen molar-refractivity contribution in [3.05, 3.63) is 57.8 Å². The summed E-state index contributed by atoms with van der Waals surface area (Å²) in [5.74, 6) is 0.204. The topological polar surface area (TPSA) is 23.6 Å². The zero-order valence-electron chi connectivity index (χ0n) is 13.9. The van der Waals surface area contributed by atoms with Crippen LogP contribution in [0.4, 0.5) is 0 Å². The highest BCUT2D eigenvalue weighted by Gasteiger charge is 2.30. The van der Waals surface area contributed by atoms with Crippen LogP contribution < -0.4 is 0 Å². The second kappa shape index (κ2) is 7.28. The lowest BCUT2D eigenvalue weighted by Gasteiger charge is -2.25. The summed E-state index contributed by atoms with van der Waals surface area (Å²) in [5, 5.41) is 4.16. The van der Waals surface area contributed by atoms with Crippen LogP contribution in [0.25, 0.3) is 0 Å². The van der Waals surface area contributed by atoms with E-state index in [-0.39, 0.29) is 5.91 Å². The average molecular weight is 328 g/mol. The molecule has 1 aromatic carbocycles. The molecule has 0 radical (unpaired) electrons. The molecule has 1 aromatic heterocycles. The number of nitrogens with zero attached hydrogens (tertiary/aromatic N) is 2. The molecule has 1 heterocycles. The largest absolute Gasteiger partial charge is 0.340 e. The third-order valence-electron chi connectivity index (χ3n) is 4.33. The number of benzene rings is 1. The lowest BCUT2D eigenvalue weighted by atomic mass is 10.1. The number of thiophene rings is 1. The minimum Gasteiger partial charge on any atom is -0.340 e. The van der Waals surface area contributed by atoms with Crippen LogP contribution in [0.3, 0.4) is 0 Å². The normalized spacial score (nSPS) is 14.2. The van der Waals surface area contributed by atoms with Crippen LogP contribution in [-0.4, -0.2) is 35.3 Å². The summed E-state index contributed by atoms with van der Waals surface area (Å²) in [5.41, 5.74) is 3.77. The van der Waals surface area contributed by atoms with Gasteiger partial charge in [0.05, 0.1) is 6.54 Å². The molecule has 0 bridgehead atoms. The molecule has 0 atom stereocenters. The van der Waals surface area contributed by atoms with E-state index in [0.717, 1.165) is 6.54 Å². The van der Waals surface area contributed by atoms with Gasteiger partial charge in [0.25, 0.3) is 0 Å². The summed E-state index contributed by atoms with van der Waals surface area (Å²) in [6.45, 7) is 4.18. The van der Waals surface area contributed by atoms with Gasteiger partial charge in [-0.05, 0) is 47.7 Å². The number of aryl methyl sites for hydroxylation is 1. The van der Waals surface area contributed by atoms with Crippen molar-refractivity contribution in [2.24, 2.45) is 0 Å². The zero-order chi connectivity index (χ0) is 16.2. The molecule has 3 rings (SSSR count). The van der Waals surface area contributed by atoms with Crippen LogP contribution in [0.15, 0.2) is 41.1 Å². The maximum Gasteiger partial charge on any atom is 0.236 e. The van der Waals surface area contributed by atoms with Gasteiger partial charge in [0.2, 0.25) is 5.91 Å². The van der Waals surface area contributed by atoms with Crippen molar-refractivity contribution in [1.29, 1.82) is 0 Å². The Kier molecular flexibility index (Phi) is 5.13. The van der Waals surface area contributed by atoms with Crippen molar-refractivity contribution >= 4 is 17.2 Å². The van der Waals surface area contributed by atoms with Gasteiger partial charge >= 0.3 is 0 Å². The minimum absolute atomic E-state index is 0.204. The van der Waals surface area contributed by atoms with Crippen LogP contribution in [-0.2, 0) is 17.9 Å². The van der Waals surface area contributed by atoms with Crippen molar-refractivity contribution in [3.63, 3.8) is 0 Å². The maximum atomic E-state index is 12.5. The number of hydrogen-bond donors (Lipinski definition) is 0. The number of amides is 1. The Bertz CT molecular complexity index is 632. The van der Waals surface area contributed by atoms with Gasteiger partial charge in [-0.2, -0.15) is 11.3 Å². The number of carbonyl (C=O) groups is 1. The van der Waals surface area contributed by atoms with Gasteiger partial charge in [0, 0.05) is 26.2 Å². The number of rotatable bonds is 7. The monoisotopic (exact) mass is 328 g/mol. The summed E-state index contributed by atoms with van der Waals surface area (Å²) in [7, 11) is 1.90. The van der Waals surface area contributed by atoms with E-state index in [4.69, 9.17) is 0 Å². The van der Waals surface area contributed by atoms with Crippen LogP contribution in [0, 0.1) is 6.92 Å². The molecule has 1 aliphatic carbocycles. The second-order valence-electron chi connectivity index (χ2n) is 6.50. The van der Waals surface area contributed by atoms with E-state index in [1.54, 1.807) is 11.3 Å². The molecule has 3 nitrogen and oxygen atoms in total. The highest BCUT2D eigenvalue weighted by molar-refractivity contribution is 7.07. The van der Waals surface area contributed by atoms with E-state index in [2.05, 4.69) is 52.9 Å². The van der Waals surface area contributed by atoms with Gasteiger partial charge in [-0.1, -0.05) is 29.8 Å². The molecule has 122 valence electrons. The predicted octanol–water partition coefficient (Wildman–Crippen LogP) is 3.68. The summed E-state index contributed by atoms with van der Waals surface area (Å²) >= 11 is 1.68. The Morgan fingerprint density at radius 2 is 1.87 bits per heavy atom. The molecule has 1 fully saturated rings. The molecule has 1 aliphatic rings.